The van der Waals surface area contributed by atoms with Crippen molar-refractivity contribution in [2.75, 3.05) is 13.1 Å². The van der Waals surface area contributed by atoms with Crippen LogP contribution in [-0.4, -0.2) is 34.8 Å². The average molecular weight is 489 g/mol. The molecule has 2 aliphatic rings. The number of benzene rings is 2. The Morgan fingerprint density at radius 1 is 1.06 bits per heavy atom. The molecule has 8 heteroatoms. The molecule has 0 spiro atoms. The number of carboxylic acid groups (broad SMARTS) is 1. The summed E-state index contributed by atoms with van der Waals surface area (Å²) in [5, 5.41) is 13.1. The summed E-state index contributed by atoms with van der Waals surface area (Å²) < 4.78 is 41.3. The van der Waals surface area contributed by atoms with Crippen molar-refractivity contribution in [3.8, 4) is 0 Å². The van der Waals surface area contributed by atoms with Gasteiger partial charge in [-0.1, -0.05) is 60.8 Å². The van der Waals surface area contributed by atoms with Crippen LogP contribution in [0.5, 0.6) is 0 Å². The molecule has 0 bridgehead atoms. The van der Waals surface area contributed by atoms with Gasteiger partial charge in [-0.05, 0) is 54.0 Å². The maximum Gasteiger partial charge on any atom is 0.416 e. The summed E-state index contributed by atoms with van der Waals surface area (Å²) in [5.74, 6) is -1.06. The van der Waals surface area contributed by atoms with Crippen LogP contribution in [0.25, 0.3) is 0 Å². The fourth-order valence-electron chi connectivity index (χ4n) is 4.93. The van der Waals surface area contributed by atoms with Crippen molar-refractivity contribution < 1.29 is 27.9 Å². The molecule has 5 nitrogen and oxygen atoms in total. The van der Waals surface area contributed by atoms with Crippen molar-refractivity contribution in [3.05, 3.63) is 70.3 Å². The van der Waals surface area contributed by atoms with Crippen molar-refractivity contribution >= 4 is 11.7 Å². The van der Waals surface area contributed by atoms with Gasteiger partial charge in [0.1, 0.15) is 6.61 Å². The van der Waals surface area contributed by atoms with E-state index in [4.69, 9.17) is 9.94 Å². The van der Waals surface area contributed by atoms with Crippen molar-refractivity contribution in [2.45, 2.75) is 64.3 Å². The molecule has 2 fully saturated rings. The largest absolute Gasteiger partial charge is 0.481 e. The van der Waals surface area contributed by atoms with E-state index in [0.29, 0.717) is 36.5 Å². The number of aliphatic carboxylic acids is 1. The van der Waals surface area contributed by atoms with Crippen molar-refractivity contribution in [3.63, 3.8) is 0 Å². The zero-order valence-corrected chi connectivity index (χ0v) is 19.9. The second-order valence-corrected chi connectivity index (χ2v) is 9.63. The molecule has 0 amide bonds. The second kappa shape index (κ2) is 10.8. The molecule has 0 atom stereocenters. The Morgan fingerprint density at radius 3 is 2.34 bits per heavy atom. The zero-order valence-electron chi connectivity index (χ0n) is 19.9. The van der Waals surface area contributed by atoms with E-state index in [1.807, 2.05) is 24.3 Å². The van der Waals surface area contributed by atoms with Crippen LogP contribution in [0, 0.1) is 5.92 Å². The van der Waals surface area contributed by atoms with E-state index in [0.717, 1.165) is 43.2 Å². The van der Waals surface area contributed by atoms with Gasteiger partial charge >= 0.3 is 12.1 Å². The van der Waals surface area contributed by atoms with Gasteiger partial charge in [0.05, 0.1) is 17.2 Å². The summed E-state index contributed by atoms with van der Waals surface area (Å²) in [5.41, 5.74) is 2.84. The molecular formula is C27H31F3N2O3. The predicted molar refractivity (Wildman–Crippen MR) is 127 cm³/mol. The first-order valence-electron chi connectivity index (χ1n) is 12.1. The molecule has 1 saturated carbocycles. The third-order valence-corrected chi connectivity index (χ3v) is 6.99. The number of hydrogen-bond donors (Lipinski definition) is 1. The number of nitrogens with zero attached hydrogens (tertiary/aromatic N) is 2. The number of alkyl halides is 3. The number of halogens is 3. The first-order valence-corrected chi connectivity index (χ1v) is 12.1. The lowest BCUT2D eigenvalue weighted by Gasteiger charge is -2.36. The Bertz CT molecular complexity index is 1050. The van der Waals surface area contributed by atoms with Crippen LogP contribution < -0.4 is 0 Å². The Kier molecular flexibility index (Phi) is 7.79. The molecule has 1 heterocycles. The summed E-state index contributed by atoms with van der Waals surface area (Å²) in [6, 6.07) is 12.3. The summed E-state index contributed by atoms with van der Waals surface area (Å²) in [6.07, 6.45) is 0.268. The number of rotatable bonds is 8. The molecule has 0 unspecified atom stereocenters. The molecule has 1 aliphatic carbocycles. The average Bonchev–Trinajstić information content (AvgIpc) is 2.81. The van der Waals surface area contributed by atoms with Gasteiger partial charge in [0.2, 0.25) is 0 Å². The quantitative estimate of drug-likeness (QED) is 0.355. The smallest absolute Gasteiger partial charge is 0.416 e. The van der Waals surface area contributed by atoms with E-state index < -0.39 is 17.7 Å². The SMILES string of the molecule is CC(=NOCc1ccc(C2CCCCC2)c(C(F)(F)F)c1)c1ccc(CN2CC(C(=O)O)C2)cc1. The second-order valence-electron chi connectivity index (χ2n) is 9.63. The minimum atomic E-state index is -4.39. The lowest BCUT2D eigenvalue weighted by atomic mass is 9.81. The molecule has 0 aromatic heterocycles. The van der Waals surface area contributed by atoms with Crippen LogP contribution in [0.4, 0.5) is 13.2 Å². The van der Waals surface area contributed by atoms with Crippen molar-refractivity contribution in [1.82, 2.24) is 4.90 Å². The normalized spacial score (nSPS) is 18.3. The van der Waals surface area contributed by atoms with E-state index in [1.54, 1.807) is 19.1 Å². The summed E-state index contributed by atoms with van der Waals surface area (Å²) in [7, 11) is 0. The summed E-state index contributed by atoms with van der Waals surface area (Å²) in [6.45, 7) is 3.56. The molecule has 2 aromatic rings. The first-order chi connectivity index (χ1) is 16.7. The van der Waals surface area contributed by atoms with Crippen molar-refractivity contribution in [2.24, 2.45) is 11.1 Å². The molecule has 2 aromatic carbocycles. The minimum Gasteiger partial charge on any atom is -0.481 e. The van der Waals surface area contributed by atoms with Gasteiger partial charge in [0.15, 0.2) is 0 Å². The Labute approximate surface area is 203 Å². The zero-order chi connectivity index (χ0) is 25.0. The van der Waals surface area contributed by atoms with Crippen LogP contribution in [0.3, 0.4) is 0 Å². The molecule has 4 rings (SSSR count). The third kappa shape index (κ3) is 6.42. The lowest BCUT2D eigenvalue weighted by Crippen LogP contribution is -2.49. The van der Waals surface area contributed by atoms with Crippen LogP contribution in [0.2, 0.25) is 0 Å². The van der Waals surface area contributed by atoms with E-state index in [-0.39, 0.29) is 18.4 Å². The Morgan fingerprint density at radius 2 is 1.71 bits per heavy atom. The van der Waals surface area contributed by atoms with Crippen LogP contribution >= 0.6 is 0 Å². The molecule has 1 N–H and O–H groups in total. The number of hydrogen-bond acceptors (Lipinski definition) is 4. The summed E-state index contributed by atoms with van der Waals surface area (Å²) >= 11 is 0. The maximum absolute atomic E-state index is 13.8. The van der Waals surface area contributed by atoms with E-state index in [9.17, 15) is 18.0 Å². The third-order valence-electron chi connectivity index (χ3n) is 6.99. The topological polar surface area (TPSA) is 62.1 Å². The van der Waals surface area contributed by atoms with Gasteiger partial charge in [0, 0.05) is 19.6 Å². The molecule has 1 aliphatic heterocycles. The summed E-state index contributed by atoms with van der Waals surface area (Å²) in [4.78, 5) is 18.4. The van der Waals surface area contributed by atoms with Crippen LogP contribution in [-0.2, 0) is 29.0 Å². The minimum absolute atomic E-state index is 0.0294. The fraction of sp³-hybridized carbons (Fsp3) is 0.481. The van der Waals surface area contributed by atoms with E-state index in [2.05, 4.69) is 10.1 Å². The highest BCUT2D eigenvalue weighted by atomic mass is 19.4. The molecule has 1 saturated heterocycles. The lowest BCUT2D eigenvalue weighted by molar-refractivity contribution is -0.147. The monoisotopic (exact) mass is 488 g/mol. The molecule has 188 valence electrons. The Balaban J connectivity index is 1.34. The number of carboxylic acids is 1. The van der Waals surface area contributed by atoms with Gasteiger partial charge in [-0.15, -0.1) is 0 Å². The molecular weight excluding hydrogens is 457 g/mol. The van der Waals surface area contributed by atoms with Crippen LogP contribution in [0.15, 0.2) is 47.6 Å². The number of carbonyl (C=O) groups is 1. The van der Waals surface area contributed by atoms with Crippen LogP contribution in [0.1, 0.15) is 72.8 Å². The molecule has 35 heavy (non-hydrogen) atoms. The number of oxime groups is 1. The highest BCUT2D eigenvalue weighted by Gasteiger charge is 2.36. The Hall–Kier alpha value is -2.87. The van der Waals surface area contributed by atoms with Gasteiger partial charge < -0.3 is 9.94 Å². The van der Waals surface area contributed by atoms with Gasteiger partial charge in [-0.25, -0.2) is 0 Å². The highest BCUT2D eigenvalue weighted by molar-refractivity contribution is 5.98. The van der Waals surface area contributed by atoms with E-state index >= 15 is 0 Å². The maximum atomic E-state index is 13.8. The number of likely N-dealkylation sites (tertiary alicyclic amines) is 1. The van der Waals surface area contributed by atoms with Gasteiger partial charge in [0.25, 0.3) is 0 Å². The van der Waals surface area contributed by atoms with Gasteiger partial charge in [-0.2, -0.15) is 13.2 Å². The van der Waals surface area contributed by atoms with Gasteiger partial charge in [-0.3, -0.25) is 9.69 Å². The first kappa shape index (κ1) is 25.2. The highest BCUT2D eigenvalue weighted by Crippen LogP contribution is 2.41. The van der Waals surface area contributed by atoms with E-state index in [1.165, 1.54) is 6.07 Å². The standard InChI is InChI=1S/C27H31F3N2O3/c1-18(21-10-7-19(8-11-21)14-32-15-23(16-32)26(33)34)31-35-17-20-9-12-24(22-5-3-2-4-6-22)25(13-20)27(28,29)30/h7-13,22-23H,2-6,14-17H2,1H3,(H,33,34). The predicted octanol–water partition coefficient (Wildman–Crippen LogP) is 6.21. The fourth-order valence-corrected chi connectivity index (χ4v) is 4.93. The molecule has 0 radical (unpaired) electrons. The van der Waals surface area contributed by atoms with Crippen molar-refractivity contribution in [1.29, 1.82) is 0 Å².